The molecule has 76 valence electrons. The highest BCUT2D eigenvalue weighted by Crippen LogP contribution is 2.39. The maximum Gasteiger partial charge on any atom is 0.261 e. The number of carbonyl (C=O) groups excluding carboxylic acids is 2. The van der Waals surface area contributed by atoms with Gasteiger partial charge in [0, 0.05) is 6.04 Å². The maximum absolute atomic E-state index is 11.9. The van der Waals surface area contributed by atoms with Crippen LogP contribution in [0.4, 0.5) is 0 Å². The van der Waals surface area contributed by atoms with E-state index in [2.05, 4.69) is 9.24 Å². The SMILES string of the molecule is O=C1c2ccccc2C(=O)N1C1CC1P. The fourth-order valence-electron chi connectivity index (χ4n) is 2.01. The van der Waals surface area contributed by atoms with Crippen LogP contribution in [0.3, 0.4) is 0 Å². The lowest BCUT2D eigenvalue weighted by Crippen LogP contribution is -2.33. The Kier molecular flexibility index (Phi) is 1.74. The van der Waals surface area contributed by atoms with Gasteiger partial charge in [0.2, 0.25) is 0 Å². The van der Waals surface area contributed by atoms with Crippen LogP contribution in [0.2, 0.25) is 0 Å². The molecule has 3 atom stereocenters. The molecule has 2 aliphatic rings. The third-order valence-corrected chi connectivity index (χ3v) is 3.68. The van der Waals surface area contributed by atoms with E-state index in [-0.39, 0.29) is 17.9 Å². The molecule has 4 heteroatoms. The first-order chi connectivity index (χ1) is 7.20. The first-order valence-electron chi connectivity index (χ1n) is 4.92. The molecule has 1 aromatic rings. The molecule has 1 saturated carbocycles. The molecule has 1 aromatic carbocycles. The van der Waals surface area contributed by atoms with Gasteiger partial charge < -0.3 is 0 Å². The summed E-state index contributed by atoms with van der Waals surface area (Å²) < 4.78 is 0. The zero-order chi connectivity index (χ0) is 10.6. The average molecular weight is 219 g/mol. The van der Waals surface area contributed by atoms with Crippen molar-refractivity contribution in [1.82, 2.24) is 4.90 Å². The van der Waals surface area contributed by atoms with E-state index in [9.17, 15) is 9.59 Å². The molecular formula is C11H10NO2P. The normalized spacial score (nSPS) is 28.2. The Hall–Kier alpha value is -1.21. The van der Waals surface area contributed by atoms with Crippen LogP contribution in [-0.4, -0.2) is 28.4 Å². The van der Waals surface area contributed by atoms with Crippen molar-refractivity contribution < 1.29 is 9.59 Å². The van der Waals surface area contributed by atoms with E-state index in [0.29, 0.717) is 16.8 Å². The molecular weight excluding hydrogens is 209 g/mol. The van der Waals surface area contributed by atoms with Gasteiger partial charge in [-0.3, -0.25) is 14.5 Å². The second-order valence-electron chi connectivity index (χ2n) is 3.99. The van der Waals surface area contributed by atoms with E-state index < -0.39 is 0 Å². The number of benzene rings is 1. The molecule has 3 rings (SSSR count). The molecule has 1 aliphatic carbocycles. The lowest BCUT2D eigenvalue weighted by atomic mass is 10.1. The molecule has 3 nitrogen and oxygen atoms in total. The largest absolute Gasteiger partial charge is 0.271 e. The summed E-state index contributed by atoms with van der Waals surface area (Å²) in [6, 6.07) is 7.12. The van der Waals surface area contributed by atoms with Crippen LogP contribution in [-0.2, 0) is 0 Å². The van der Waals surface area contributed by atoms with Crippen LogP contribution < -0.4 is 0 Å². The van der Waals surface area contributed by atoms with Crippen molar-refractivity contribution in [3.63, 3.8) is 0 Å². The van der Waals surface area contributed by atoms with Crippen LogP contribution in [0.25, 0.3) is 0 Å². The molecule has 0 bridgehead atoms. The van der Waals surface area contributed by atoms with Crippen LogP contribution in [0, 0.1) is 0 Å². The number of rotatable bonds is 1. The van der Waals surface area contributed by atoms with Crippen LogP contribution in [0.5, 0.6) is 0 Å². The van der Waals surface area contributed by atoms with Crippen molar-refractivity contribution >= 4 is 21.1 Å². The molecule has 1 heterocycles. The number of nitrogens with zero attached hydrogens (tertiary/aromatic N) is 1. The van der Waals surface area contributed by atoms with Gasteiger partial charge in [-0.15, -0.1) is 9.24 Å². The molecule has 0 radical (unpaired) electrons. The van der Waals surface area contributed by atoms with Crippen LogP contribution in [0.1, 0.15) is 27.1 Å². The second-order valence-corrected chi connectivity index (χ2v) is 4.85. The Bertz CT molecular complexity index is 436. The van der Waals surface area contributed by atoms with Crippen molar-refractivity contribution in [1.29, 1.82) is 0 Å². The van der Waals surface area contributed by atoms with Crippen molar-refractivity contribution in [3.05, 3.63) is 35.4 Å². The predicted molar refractivity (Wildman–Crippen MR) is 58.8 cm³/mol. The summed E-state index contributed by atoms with van der Waals surface area (Å²) in [5.41, 5.74) is 1.48. The standard InChI is InChI=1S/C11H10NO2P/c13-10-6-3-1-2-4-7(6)11(14)12(10)8-5-9(8)15/h1-4,8-9H,5,15H2. The van der Waals surface area contributed by atoms with Gasteiger partial charge in [0.15, 0.2) is 0 Å². The van der Waals surface area contributed by atoms with Gasteiger partial charge in [0.25, 0.3) is 11.8 Å². The summed E-state index contributed by atoms with van der Waals surface area (Å²) in [5, 5.41) is 0. The molecule has 0 N–H and O–H groups in total. The van der Waals surface area contributed by atoms with E-state index in [4.69, 9.17) is 0 Å². The smallest absolute Gasteiger partial charge is 0.261 e. The quantitative estimate of drug-likeness (QED) is 0.527. The van der Waals surface area contributed by atoms with Gasteiger partial charge in [0.1, 0.15) is 0 Å². The highest BCUT2D eigenvalue weighted by molar-refractivity contribution is 7.18. The van der Waals surface area contributed by atoms with Gasteiger partial charge in [-0.05, 0) is 24.2 Å². The molecule has 3 unspecified atom stereocenters. The van der Waals surface area contributed by atoms with Crippen molar-refractivity contribution in [2.75, 3.05) is 0 Å². The Morgan fingerprint density at radius 1 is 1.13 bits per heavy atom. The minimum absolute atomic E-state index is 0.0994. The van der Waals surface area contributed by atoms with Gasteiger partial charge in [-0.1, -0.05) is 12.1 Å². The van der Waals surface area contributed by atoms with Crippen molar-refractivity contribution in [2.24, 2.45) is 0 Å². The molecule has 15 heavy (non-hydrogen) atoms. The Balaban J connectivity index is 2.05. The molecule has 0 spiro atoms. The summed E-state index contributed by atoms with van der Waals surface area (Å²) in [4.78, 5) is 25.3. The fourth-order valence-corrected chi connectivity index (χ4v) is 2.46. The molecule has 1 aliphatic heterocycles. The number of fused-ring (bicyclic) bond motifs is 1. The zero-order valence-corrected chi connectivity index (χ0v) is 9.17. The van der Waals surface area contributed by atoms with E-state index in [1.807, 2.05) is 0 Å². The monoisotopic (exact) mass is 219 g/mol. The predicted octanol–water partition coefficient (Wildman–Crippen LogP) is 1.30. The van der Waals surface area contributed by atoms with E-state index in [1.165, 1.54) is 4.90 Å². The summed E-state index contributed by atoms with van der Waals surface area (Å²) in [7, 11) is 2.66. The molecule has 0 saturated heterocycles. The van der Waals surface area contributed by atoms with Gasteiger partial charge >= 0.3 is 0 Å². The first-order valence-corrected chi connectivity index (χ1v) is 5.59. The average Bonchev–Trinajstić information content (AvgIpc) is 2.89. The van der Waals surface area contributed by atoms with Gasteiger partial charge in [-0.2, -0.15) is 0 Å². The third-order valence-electron chi connectivity index (χ3n) is 2.96. The lowest BCUT2D eigenvalue weighted by molar-refractivity contribution is 0.0643. The number of imide groups is 1. The maximum atomic E-state index is 11.9. The minimum Gasteiger partial charge on any atom is -0.271 e. The fraction of sp³-hybridized carbons (Fsp3) is 0.273. The Morgan fingerprint density at radius 3 is 2.00 bits per heavy atom. The molecule has 0 aromatic heterocycles. The van der Waals surface area contributed by atoms with E-state index >= 15 is 0 Å². The minimum atomic E-state index is -0.134. The first kappa shape index (κ1) is 9.05. The Labute approximate surface area is 89.7 Å². The van der Waals surface area contributed by atoms with E-state index in [0.717, 1.165) is 6.42 Å². The number of amides is 2. The van der Waals surface area contributed by atoms with E-state index in [1.54, 1.807) is 24.3 Å². The Morgan fingerprint density at radius 2 is 1.60 bits per heavy atom. The van der Waals surface area contributed by atoms with Gasteiger partial charge in [0.05, 0.1) is 11.1 Å². The topological polar surface area (TPSA) is 37.4 Å². The highest BCUT2D eigenvalue weighted by atomic mass is 31.0. The summed E-state index contributed by atoms with van der Waals surface area (Å²) in [6.07, 6.45) is 0.913. The van der Waals surface area contributed by atoms with Crippen molar-refractivity contribution in [3.8, 4) is 0 Å². The van der Waals surface area contributed by atoms with Crippen LogP contribution >= 0.6 is 9.24 Å². The summed E-state index contributed by atoms with van der Waals surface area (Å²) in [5.74, 6) is -0.267. The van der Waals surface area contributed by atoms with Crippen molar-refractivity contribution in [2.45, 2.75) is 18.1 Å². The highest BCUT2D eigenvalue weighted by Gasteiger charge is 2.48. The second kappa shape index (κ2) is 2.89. The number of hydrogen-bond acceptors (Lipinski definition) is 2. The molecule has 2 amide bonds. The van der Waals surface area contributed by atoms with Crippen LogP contribution in [0.15, 0.2) is 24.3 Å². The van der Waals surface area contributed by atoms with Gasteiger partial charge in [-0.25, -0.2) is 0 Å². The molecule has 1 fully saturated rings. The lowest BCUT2D eigenvalue weighted by Gasteiger charge is -2.12. The summed E-state index contributed by atoms with van der Waals surface area (Å²) >= 11 is 0. The third kappa shape index (κ3) is 1.16. The number of hydrogen-bond donors (Lipinski definition) is 0. The number of carbonyl (C=O) groups is 2. The summed E-state index contributed by atoms with van der Waals surface area (Å²) in [6.45, 7) is 0. The zero-order valence-electron chi connectivity index (χ0n) is 8.01.